The molecule has 45 heavy (non-hydrogen) atoms. The molecule has 2 aromatic heterocycles. The first-order valence-electron chi connectivity index (χ1n) is 15.4. The van der Waals surface area contributed by atoms with Gasteiger partial charge in [-0.05, 0) is 77.8 Å². The summed E-state index contributed by atoms with van der Waals surface area (Å²) >= 11 is 7.29. The summed E-state index contributed by atoms with van der Waals surface area (Å²) in [6, 6.07) is 8.09. The van der Waals surface area contributed by atoms with Gasteiger partial charge in [-0.15, -0.1) is 9.24 Å². The Morgan fingerprint density at radius 1 is 1.20 bits per heavy atom. The summed E-state index contributed by atoms with van der Waals surface area (Å²) in [5, 5.41) is 5.75. The maximum Gasteiger partial charge on any atom is 0.354 e. The minimum Gasteiger partial charge on any atom is -0.389 e. The van der Waals surface area contributed by atoms with Gasteiger partial charge in [0.15, 0.2) is 0 Å². The Labute approximate surface area is 273 Å². The predicted molar refractivity (Wildman–Crippen MR) is 194 cm³/mol. The average Bonchev–Trinajstić information content (AvgIpc) is 2.98. The van der Waals surface area contributed by atoms with Crippen LogP contribution in [0.1, 0.15) is 49.1 Å². The number of nitrogens with zero attached hydrogens (tertiary/aromatic N) is 5. The van der Waals surface area contributed by atoms with Gasteiger partial charge in [0, 0.05) is 42.8 Å². The molecule has 2 aromatic carbocycles. The van der Waals surface area contributed by atoms with E-state index in [9.17, 15) is 9.59 Å². The lowest BCUT2D eigenvalue weighted by atomic mass is 9.55. The van der Waals surface area contributed by atoms with Crippen LogP contribution in [-0.2, 0) is 10.1 Å². The molecule has 0 saturated carbocycles. The Bertz CT molecular complexity index is 1980. The number of pyridine rings is 1. The van der Waals surface area contributed by atoms with Crippen LogP contribution >= 0.6 is 20.8 Å². The maximum atomic E-state index is 14.5. The number of piperazine rings is 1. The number of rotatable bonds is 4. The van der Waals surface area contributed by atoms with Gasteiger partial charge >= 0.3 is 5.69 Å². The monoisotopic (exact) mass is 638 g/mol. The second-order valence-electron chi connectivity index (χ2n) is 13.1. The molecule has 1 N–H and O–H groups in total. The minimum absolute atomic E-state index is 0.0616. The zero-order valence-corrected chi connectivity index (χ0v) is 28.9. The fraction of sp³-hybridized carbons (Fsp3) is 0.333. The number of halogens is 1. The van der Waals surface area contributed by atoms with Crippen molar-refractivity contribution < 1.29 is 4.79 Å². The van der Waals surface area contributed by atoms with Crippen LogP contribution in [0.25, 0.3) is 27.7 Å². The van der Waals surface area contributed by atoms with E-state index in [-0.39, 0.29) is 17.9 Å². The van der Waals surface area contributed by atoms with Crippen molar-refractivity contribution in [3.8, 4) is 16.8 Å². The van der Waals surface area contributed by atoms with Gasteiger partial charge in [-0.1, -0.05) is 44.2 Å². The van der Waals surface area contributed by atoms with Crippen molar-refractivity contribution in [1.29, 1.82) is 0 Å². The second-order valence-corrected chi connectivity index (χ2v) is 14.1. The van der Waals surface area contributed by atoms with Crippen molar-refractivity contribution in [3.05, 3.63) is 81.0 Å². The van der Waals surface area contributed by atoms with Crippen LogP contribution in [0.15, 0.2) is 47.9 Å². The Balaban J connectivity index is 1.75. The largest absolute Gasteiger partial charge is 0.389 e. The molecular formula is C33H38B2ClN6O2P. The van der Waals surface area contributed by atoms with Gasteiger partial charge in [0.05, 0.1) is 27.6 Å². The Kier molecular flexibility index (Phi) is 7.90. The Morgan fingerprint density at radius 3 is 2.60 bits per heavy atom. The fourth-order valence-electron chi connectivity index (χ4n) is 6.91. The summed E-state index contributed by atoms with van der Waals surface area (Å²) < 4.78 is 1.74. The number of carbonyl (C=O) groups is 1. The summed E-state index contributed by atoms with van der Waals surface area (Å²) in [4.78, 5) is 40.4. The van der Waals surface area contributed by atoms with Crippen LogP contribution in [0.4, 0.5) is 11.5 Å². The van der Waals surface area contributed by atoms with Crippen molar-refractivity contribution in [2.24, 2.45) is 0 Å². The molecular weight excluding hydrogens is 600 g/mol. The molecule has 2 aliphatic rings. The predicted octanol–water partition coefficient (Wildman–Crippen LogP) is 3.37. The molecule has 1 fully saturated rings. The smallest absolute Gasteiger partial charge is 0.354 e. The van der Waals surface area contributed by atoms with Gasteiger partial charge in [0.25, 0.3) is 0 Å². The lowest BCUT2D eigenvalue weighted by Gasteiger charge is -2.42. The topological polar surface area (TPSA) is 83.4 Å². The van der Waals surface area contributed by atoms with Gasteiger partial charge in [0.1, 0.15) is 21.5 Å². The molecule has 4 heterocycles. The number of hydrogen-bond donors (Lipinski definition) is 1. The normalized spacial score (nSPS) is 17.2. The molecule has 1 amide bonds. The molecule has 4 aromatic rings. The second kappa shape index (κ2) is 11.3. The third kappa shape index (κ3) is 4.97. The molecule has 8 nitrogen and oxygen atoms in total. The van der Waals surface area contributed by atoms with Gasteiger partial charge in [-0.25, -0.2) is 4.79 Å². The van der Waals surface area contributed by atoms with Crippen LogP contribution in [0.5, 0.6) is 0 Å². The molecule has 0 radical (unpaired) electrons. The SMILES string of the molecule is BC1(B)Nc2c(c(Cl)cc3c(N4CCN(C(=O)C=C)C[C@@H]4C)nc(=O)n(-c4c(C)ccnc4C(C)C)c23)-c2c1ccc(C)c2P. The van der Waals surface area contributed by atoms with Gasteiger partial charge in [-0.3, -0.25) is 14.3 Å². The van der Waals surface area contributed by atoms with E-state index in [1.54, 1.807) is 15.7 Å². The highest BCUT2D eigenvalue weighted by Crippen LogP contribution is 2.50. The van der Waals surface area contributed by atoms with Crippen molar-refractivity contribution in [1.82, 2.24) is 19.4 Å². The number of benzene rings is 2. The highest BCUT2D eigenvalue weighted by Gasteiger charge is 2.37. The molecule has 0 bridgehead atoms. The van der Waals surface area contributed by atoms with Crippen molar-refractivity contribution in [2.75, 3.05) is 29.9 Å². The highest BCUT2D eigenvalue weighted by atomic mass is 35.5. The molecule has 0 spiro atoms. The van der Waals surface area contributed by atoms with Crippen LogP contribution in [0, 0.1) is 13.8 Å². The third-order valence-corrected chi connectivity index (χ3v) is 10.3. The number of carbonyl (C=O) groups excluding carboxylic acids is 1. The van der Waals surface area contributed by atoms with E-state index < -0.39 is 11.0 Å². The van der Waals surface area contributed by atoms with Crippen molar-refractivity contribution in [3.63, 3.8) is 0 Å². The number of aromatic nitrogens is 3. The number of hydrogen-bond acceptors (Lipinski definition) is 6. The number of nitrogens with one attached hydrogen (secondary N) is 1. The van der Waals surface area contributed by atoms with Crippen LogP contribution in [0.3, 0.4) is 0 Å². The summed E-state index contributed by atoms with van der Waals surface area (Å²) in [5.74, 6) is 0.517. The molecule has 230 valence electrons. The first-order chi connectivity index (χ1) is 21.3. The van der Waals surface area contributed by atoms with E-state index in [0.717, 1.165) is 55.6 Å². The standard InChI is InChI=1S/C33H38B2ClN6O2P/c1-7-23(43)40-12-13-41(19(6)15-40)31-20-14-22(36)25-24-21(9-8-18(5)30(24)45)33(34,35)39-27(25)29(20)42(32(44)38-31)28-17(4)10-11-37-26(28)16(2)3/h7-11,14,16,19,39H,1,12-13,15,34-35,45H2,2-6H3/t19-/m0/s1. The lowest BCUT2D eigenvalue weighted by Crippen LogP contribution is -2.54. The molecule has 0 aliphatic carbocycles. The zero-order valence-electron chi connectivity index (χ0n) is 27.0. The highest BCUT2D eigenvalue weighted by molar-refractivity contribution is 7.28. The zero-order chi connectivity index (χ0) is 32.5. The van der Waals surface area contributed by atoms with E-state index in [2.05, 4.69) is 74.6 Å². The summed E-state index contributed by atoms with van der Waals surface area (Å²) in [7, 11) is 7.22. The molecule has 2 atom stereocenters. The first kappa shape index (κ1) is 31.4. The average molecular weight is 639 g/mol. The molecule has 12 heteroatoms. The maximum absolute atomic E-state index is 14.5. The number of fused-ring (bicyclic) bond motifs is 5. The summed E-state index contributed by atoms with van der Waals surface area (Å²) in [6.07, 6.45) is 3.14. The van der Waals surface area contributed by atoms with Crippen molar-refractivity contribution >= 4 is 70.2 Å². The minimum atomic E-state index is -0.474. The quantitative estimate of drug-likeness (QED) is 0.210. The lowest BCUT2D eigenvalue weighted by molar-refractivity contribution is -0.126. The van der Waals surface area contributed by atoms with E-state index in [1.165, 1.54) is 6.08 Å². The van der Waals surface area contributed by atoms with E-state index in [4.69, 9.17) is 21.6 Å². The van der Waals surface area contributed by atoms with Crippen molar-refractivity contribution in [2.45, 2.75) is 51.9 Å². The third-order valence-electron chi connectivity index (χ3n) is 9.24. The van der Waals surface area contributed by atoms with Crippen LogP contribution in [0.2, 0.25) is 5.02 Å². The number of aryl methyl sites for hydroxylation is 2. The van der Waals surface area contributed by atoms with E-state index in [1.807, 2.05) is 26.0 Å². The first-order valence-corrected chi connectivity index (χ1v) is 16.3. The Hall–Kier alpha value is -3.61. The fourth-order valence-corrected chi connectivity index (χ4v) is 7.61. The summed E-state index contributed by atoms with van der Waals surface area (Å²) in [6.45, 7) is 15.5. The number of amides is 1. The number of anilines is 2. The molecule has 6 rings (SSSR count). The molecule has 2 aliphatic heterocycles. The van der Waals surface area contributed by atoms with E-state index >= 15 is 0 Å². The van der Waals surface area contributed by atoms with Gasteiger partial charge in [0.2, 0.25) is 5.91 Å². The molecule has 1 unspecified atom stereocenters. The Morgan fingerprint density at radius 2 is 1.93 bits per heavy atom. The molecule has 1 saturated heterocycles. The van der Waals surface area contributed by atoms with Crippen LogP contribution in [-0.4, -0.2) is 66.7 Å². The van der Waals surface area contributed by atoms with Gasteiger partial charge < -0.3 is 15.1 Å². The summed E-state index contributed by atoms with van der Waals surface area (Å²) in [5.41, 5.74) is 7.78. The van der Waals surface area contributed by atoms with Gasteiger partial charge in [-0.2, -0.15) is 4.98 Å². The van der Waals surface area contributed by atoms with Crippen LogP contribution < -0.4 is 21.2 Å². The van der Waals surface area contributed by atoms with E-state index in [0.29, 0.717) is 36.0 Å².